The number of furan rings is 1. The highest BCUT2D eigenvalue weighted by atomic mass is 32.2. The lowest BCUT2D eigenvalue weighted by Gasteiger charge is -2.05. The second kappa shape index (κ2) is 5.46. The minimum atomic E-state index is -3.17. The van der Waals surface area contributed by atoms with Crippen LogP contribution in [0.5, 0.6) is 5.75 Å². The molecule has 1 heterocycles. The molecular weight excluding hydrogens is 266 g/mol. The largest absolute Gasteiger partial charge is 0.486 e. The summed E-state index contributed by atoms with van der Waals surface area (Å²) in [7, 11) is -3.17. The van der Waals surface area contributed by atoms with Crippen molar-refractivity contribution in [3.05, 3.63) is 47.9 Å². The van der Waals surface area contributed by atoms with Crippen molar-refractivity contribution in [1.29, 1.82) is 0 Å². The van der Waals surface area contributed by atoms with Gasteiger partial charge in [-0.05, 0) is 36.4 Å². The average molecular weight is 281 g/mol. The minimum absolute atomic E-state index is 0.267. The molecule has 0 saturated carbocycles. The van der Waals surface area contributed by atoms with Crippen LogP contribution < -0.4 is 10.5 Å². The molecule has 0 saturated heterocycles. The van der Waals surface area contributed by atoms with Crippen molar-refractivity contribution in [2.24, 2.45) is 5.73 Å². The Labute approximate surface area is 111 Å². The average Bonchev–Trinajstić information content (AvgIpc) is 2.84. The lowest BCUT2D eigenvalue weighted by Crippen LogP contribution is -1.98. The van der Waals surface area contributed by atoms with Gasteiger partial charge in [-0.25, -0.2) is 8.42 Å². The molecule has 0 aliphatic rings. The van der Waals surface area contributed by atoms with Crippen molar-refractivity contribution >= 4 is 9.84 Å². The van der Waals surface area contributed by atoms with Gasteiger partial charge in [0, 0.05) is 6.26 Å². The summed E-state index contributed by atoms with van der Waals surface area (Å²) in [6.45, 7) is 0.626. The van der Waals surface area contributed by atoms with Crippen LogP contribution in [0.25, 0.3) is 0 Å². The van der Waals surface area contributed by atoms with E-state index in [9.17, 15) is 8.42 Å². The summed E-state index contributed by atoms with van der Waals surface area (Å²) in [6, 6.07) is 9.85. The van der Waals surface area contributed by atoms with E-state index in [1.54, 1.807) is 24.3 Å². The molecule has 0 fully saturated rings. The lowest BCUT2D eigenvalue weighted by atomic mass is 10.3. The van der Waals surface area contributed by atoms with Gasteiger partial charge < -0.3 is 14.9 Å². The first kappa shape index (κ1) is 13.6. The number of benzene rings is 1. The van der Waals surface area contributed by atoms with E-state index < -0.39 is 9.84 Å². The molecule has 0 aliphatic heterocycles. The van der Waals surface area contributed by atoms with Gasteiger partial charge in [0.05, 0.1) is 11.4 Å². The molecule has 19 heavy (non-hydrogen) atoms. The summed E-state index contributed by atoms with van der Waals surface area (Å²) >= 11 is 0. The maximum Gasteiger partial charge on any atom is 0.175 e. The molecule has 0 amide bonds. The highest BCUT2D eigenvalue weighted by Gasteiger charge is 2.07. The molecule has 1 aromatic heterocycles. The van der Waals surface area contributed by atoms with E-state index >= 15 is 0 Å². The van der Waals surface area contributed by atoms with Gasteiger partial charge >= 0.3 is 0 Å². The number of rotatable bonds is 5. The quantitative estimate of drug-likeness (QED) is 0.902. The Morgan fingerprint density at radius 3 is 2.26 bits per heavy atom. The third-order valence-electron chi connectivity index (χ3n) is 2.55. The first-order chi connectivity index (χ1) is 8.99. The van der Waals surface area contributed by atoms with Gasteiger partial charge in [0.15, 0.2) is 9.84 Å². The molecule has 0 spiro atoms. The van der Waals surface area contributed by atoms with Gasteiger partial charge in [-0.1, -0.05) is 0 Å². The molecule has 5 nitrogen and oxygen atoms in total. The van der Waals surface area contributed by atoms with E-state index in [-0.39, 0.29) is 11.5 Å². The van der Waals surface area contributed by atoms with Gasteiger partial charge in [0.1, 0.15) is 23.9 Å². The van der Waals surface area contributed by atoms with Gasteiger partial charge in [-0.2, -0.15) is 0 Å². The Bertz CT molecular complexity index is 644. The van der Waals surface area contributed by atoms with Crippen molar-refractivity contribution in [3.8, 4) is 5.75 Å². The Balaban J connectivity index is 2.00. The molecular formula is C13H15NO4S. The van der Waals surface area contributed by atoms with Crippen molar-refractivity contribution in [2.75, 3.05) is 6.26 Å². The van der Waals surface area contributed by atoms with Crippen molar-refractivity contribution in [1.82, 2.24) is 0 Å². The van der Waals surface area contributed by atoms with Crippen LogP contribution in [0.15, 0.2) is 45.7 Å². The highest BCUT2D eigenvalue weighted by molar-refractivity contribution is 7.90. The van der Waals surface area contributed by atoms with E-state index in [0.29, 0.717) is 23.8 Å². The van der Waals surface area contributed by atoms with Crippen LogP contribution >= 0.6 is 0 Å². The summed E-state index contributed by atoms with van der Waals surface area (Å²) in [4.78, 5) is 0.267. The monoisotopic (exact) mass is 281 g/mol. The van der Waals surface area contributed by atoms with Gasteiger partial charge in [-0.3, -0.25) is 0 Å². The molecule has 2 rings (SSSR count). The van der Waals surface area contributed by atoms with Crippen LogP contribution in [0, 0.1) is 0 Å². The lowest BCUT2D eigenvalue weighted by molar-refractivity contribution is 0.266. The van der Waals surface area contributed by atoms with Crippen LogP contribution in [0.2, 0.25) is 0 Å². The molecule has 102 valence electrons. The smallest absolute Gasteiger partial charge is 0.175 e. The van der Waals surface area contributed by atoms with E-state index in [1.807, 2.05) is 0 Å². The number of hydrogen-bond acceptors (Lipinski definition) is 5. The maximum atomic E-state index is 11.3. The summed E-state index contributed by atoms with van der Waals surface area (Å²) < 4.78 is 33.5. The van der Waals surface area contributed by atoms with Crippen LogP contribution in [0.3, 0.4) is 0 Å². The zero-order valence-corrected chi connectivity index (χ0v) is 11.3. The molecule has 0 bridgehead atoms. The molecule has 0 unspecified atom stereocenters. The van der Waals surface area contributed by atoms with E-state index in [1.165, 1.54) is 18.4 Å². The van der Waals surface area contributed by atoms with Gasteiger partial charge in [0.2, 0.25) is 0 Å². The molecule has 6 heteroatoms. The number of sulfone groups is 1. The molecule has 0 radical (unpaired) electrons. The maximum absolute atomic E-state index is 11.3. The Hall–Kier alpha value is -1.79. The van der Waals surface area contributed by atoms with Crippen LogP contribution in [0.4, 0.5) is 0 Å². The van der Waals surface area contributed by atoms with Gasteiger partial charge in [-0.15, -0.1) is 0 Å². The topological polar surface area (TPSA) is 82.5 Å². The van der Waals surface area contributed by atoms with Crippen molar-refractivity contribution < 1.29 is 17.6 Å². The zero-order valence-electron chi connectivity index (χ0n) is 10.5. The minimum Gasteiger partial charge on any atom is -0.486 e. The Morgan fingerprint density at radius 1 is 1.11 bits per heavy atom. The number of nitrogens with two attached hydrogens (primary N) is 1. The molecule has 2 aromatic rings. The van der Waals surface area contributed by atoms with Crippen LogP contribution in [0.1, 0.15) is 11.5 Å². The third kappa shape index (κ3) is 3.59. The molecule has 0 aliphatic carbocycles. The van der Waals surface area contributed by atoms with Crippen LogP contribution in [-0.2, 0) is 23.0 Å². The van der Waals surface area contributed by atoms with Gasteiger partial charge in [0.25, 0.3) is 0 Å². The number of hydrogen-bond donors (Lipinski definition) is 1. The van der Waals surface area contributed by atoms with Crippen molar-refractivity contribution in [2.45, 2.75) is 18.0 Å². The first-order valence-corrected chi connectivity index (χ1v) is 7.59. The van der Waals surface area contributed by atoms with Crippen LogP contribution in [-0.4, -0.2) is 14.7 Å². The molecule has 2 N–H and O–H groups in total. The summed E-state index contributed by atoms with van der Waals surface area (Å²) in [5, 5.41) is 0. The molecule has 0 atom stereocenters. The van der Waals surface area contributed by atoms with Crippen molar-refractivity contribution in [3.63, 3.8) is 0 Å². The Morgan fingerprint density at radius 2 is 1.74 bits per heavy atom. The Kier molecular flexibility index (Phi) is 3.92. The predicted octanol–water partition coefficient (Wildman–Crippen LogP) is 1.72. The SMILES string of the molecule is CS(=O)(=O)c1ccc(OCc2ccc(CN)o2)cc1. The summed E-state index contributed by atoms with van der Waals surface area (Å²) in [6.07, 6.45) is 1.17. The highest BCUT2D eigenvalue weighted by Crippen LogP contribution is 2.17. The summed E-state index contributed by atoms with van der Waals surface area (Å²) in [5.41, 5.74) is 5.44. The predicted molar refractivity (Wildman–Crippen MR) is 70.5 cm³/mol. The standard InChI is InChI=1S/C13H15NO4S/c1-19(15,16)13-6-4-10(5-7-13)17-9-12-3-2-11(8-14)18-12/h2-7H,8-9,14H2,1H3. The zero-order chi connectivity index (χ0) is 13.9. The summed E-state index contributed by atoms with van der Waals surface area (Å²) in [5.74, 6) is 1.96. The second-order valence-electron chi connectivity index (χ2n) is 4.10. The fourth-order valence-electron chi connectivity index (χ4n) is 1.55. The fourth-order valence-corrected chi connectivity index (χ4v) is 2.18. The fraction of sp³-hybridized carbons (Fsp3) is 0.231. The van der Waals surface area contributed by atoms with E-state index in [0.717, 1.165) is 0 Å². The van der Waals surface area contributed by atoms with E-state index in [2.05, 4.69) is 0 Å². The molecule has 1 aromatic carbocycles. The number of ether oxygens (including phenoxy) is 1. The second-order valence-corrected chi connectivity index (χ2v) is 6.12. The normalized spacial score (nSPS) is 11.5. The first-order valence-electron chi connectivity index (χ1n) is 5.69. The van der Waals surface area contributed by atoms with E-state index in [4.69, 9.17) is 14.9 Å². The third-order valence-corrected chi connectivity index (χ3v) is 3.68.